The Bertz CT molecular complexity index is 733. The van der Waals surface area contributed by atoms with Crippen molar-refractivity contribution in [1.82, 2.24) is 0 Å². The summed E-state index contributed by atoms with van der Waals surface area (Å²) >= 11 is 0. The zero-order chi connectivity index (χ0) is 14.5. The van der Waals surface area contributed by atoms with Crippen LogP contribution >= 0.6 is 0 Å². The fourth-order valence-corrected chi connectivity index (χ4v) is 2.77. The Hall–Kier alpha value is -2.22. The second kappa shape index (κ2) is 4.14. The molecule has 0 atom stereocenters. The van der Waals surface area contributed by atoms with E-state index in [1.165, 1.54) is 0 Å². The molecule has 2 nitrogen and oxygen atoms in total. The highest BCUT2D eigenvalue weighted by atomic mass is 16.1. The van der Waals surface area contributed by atoms with Gasteiger partial charge in [-0.2, -0.15) is 0 Å². The molecule has 0 N–H and O–H groups in total. The number of carbonyl (C=O) groups excluding carboxylic acids is 2. The van der Waals surface area contributed by atoms with Crippen LogP contribution in [-0.4, -0.2) is 11.6 Å². The summed E-state index contributed by atoms with van der Waals surface area (Å²) in [6.07, 6.45) is 0. The number of hydrogen-bond donors (Lipinski definition) is 0. The van der Waals surface area contributed by atoms with Crippen LogP contribution in [0.3, 0.4) is 0 Å². The van der Waals surface area contributed by atoms with Crippen LogP contribution in [0, 0.1) is 0 Å². The monoisotopic (exact) mass is 264 g/mol. The molecular formula is C18H16O2. The molecular weight excluding hydrogens is 248 g/mol. The molecule has 2 heteroatoms. The van der Waals surface area contributed by atoms with Gasteiger partial charge in [-0.05, 0) is 11.0 Å². The van der Waals surface area contributed by atoms with Crippen LogP contribution in [0.4, 0.5) is 0 Å². The van der Waals surface area contributed by atoms with Gasteiger partial charge in [-0.25, -0.2) is 0 Å². The first-order chi connectivity index (χ1) is 9.41. The smallest absolute Gasteiger partial charge is 0.194 e. The van der Waals surface area contributed by atoms with E-state index in [0.717, 1.165) is 5.56 Å². The van der Waals surface area contributed by atoms with E-state index in [0.29, 0.717) is 22.3 Å². The van der Waals surface area contributed by atoms with Gasteiger partial charge < -0.3 is 0 Å². The molecule has 0 fully saturated rings. The molecule has 0 radical (unpaired) electrons. The van der Waals surface area contributed by atoms with Gasteiger partial charge in [0.1, 0.15) is 0 Å². The van der Waals surface area contributed by atoms with Crippen molar-refractivity contribution in [3.05, 3.63) is 70.3 Å². The highest BCUT2D eigenvalue weighted by Crippen LogP contribution is 2.34. The van der Waals surface area contributed by atoms with E-state index >= 15 is 0 Å². The zero-order valence-corrected chi connectivity index (χ0v) is 11.9. The molecule has 0 aliphatic heterocycles. The van der Waals surface area contributed by atoms with Crippen molar-refractivity contribution in [3.63, 3.8) is 0 Å². The third kappa shape index (κ3) is 1.72. The number of ketones is 2. The largest absolute Gasteiger partial charge is 0.289 e. The van der Waals surface area contributed by atoms with Crippen LogP contribution in [0.25, 0.3) is 0 Å². The molecule has 20 heavy (non-hydrogen) atoms. The van der Waals surface area contributed by atoms with Crippen molar-refractivity contribution >= 4 is 11.6 Å². The number of fused-ring (bicyclic) bond motifs is 2. The van der Waals surface area contributed by atoms with Crippen molar-refractivity contribution in [2.24, 2.45) is 0 Å². The Balaban J connectivity index is 2.34. The zero-order valence-electron chi connectivity index (χ0n) is 11.9. The van der Waals surface area contributed by atoms with Gasteiger partial charge in [0.05, 0.1) is 0 Å². The minimum Gasteiger partial charge on any atom is -0.289 e. The number of rotatable bonds is 0. The average Bonchev–Trinajstić information content (AvgIpc) is 2.43. The van der Waals surface area contributed by atoms with Crippen molar-refractivity contribution < 1.29 is 9.59 Å². The van der Waals surface area contributed by atoms with Gasteiger partial charge in [0.15, 0.2) is 11.6 Å². The summed E-state index contributed by atoms with van der Waals surface area (Å²) in [7, 11) is 0. The quantitative estimate of drug-likeness (QED) is 0.619. The third-order valence-corrected chi connectivity index (χ3v) is 3.76. The summed E-state index contributed by atoms with van der Waals surface area (Å²) in [5.41, 5.74) is 2.89. The SMILES string of the molecule is CC(C)(C)c1cccc2c1C(=O)c1ccccc1C2=O. The molecule has 2 aromatic rings. The molecule has 0 spiro atoms. The maximum Gasteiger partial charge on any atom is 0.194 e. The number of hydrogen-bond acceptors (Lipinski definition) is 2. The van der Waals surface area contributed by atoms with Crippen molar-refractivity contribution in [1.29, 1.82) is 0 Å². The van der Waals surface area contributed by atoms with Crippen molar-refractivity contribution in [2.45, 2.75) is 26.2 Å². The normalized spacial score (nSPS) is 13.9. The molecule has 3 rings (SSSR count). The van der Waals surface area contributed by atoms with E-state index in [2.05, 4.69) is 20.8 Å². The van der Waals surface area contributed by atoms with Crippen molar-refractivity contribution in [2.75, 3.05) is 0 Å². The van der Waals surface area contributed by atoms with E-state index in [9.17, 15) is 9.59 Å². The van der Waals surface area contributed by atoms with Gasteiger partial charge in [-0.15, -0.1) is 0 Å². The Kier molecular flexibility index (Phi) is 2.65. The number of benzene rings is 2. The first-order valence-corrected chi connectivity index (χ1v) is 6.73. The van der Waals surface area contributed by atoms with E-state index in [1.807, 2.05) is 12.1 Å². The van der Waals surface area contributed by atoms with Gasteiger partial charge in [-0.1, -0.05) is 63.2 Å². The minimum atomic E-state index is -0.173. The Labute approximate surface area is 118 Å². The molecule has 1 aliphatic carbocycles. The molecule has 0 saturated heterocycles. The molecule has 0 aromatic heterocycles. The van der Waals surface area contributed by atoms with E-state index in [1.54, 1.807) is 30.3 Å². The Morgan fingerprint density at radius 1 is 0.700 bits per heavy atom. The van der Waals surface area contributed by atoms with Gasteiger partial charge in [0, 0.05) is 22.3 Å². The van der Waals surface area contributed by atoms with Crippen LogP contribution in [-0.2, 0) is 5.41 Å². The summed E-state index contributed by atoms with van der Waals surface area (Å²) < 4.78 is 0. The minimum absolute atomic E-state index is 0.0410. The van der Waals surface area contributed by atoms with Crippen LogP contribution in [0.15, 0.2) is 42.5 Å². The third-order valence-electron chi connectivity index (χ3n) is 3.76. The first kappa shape index (κ1) is 12.8. The standard InChI is InChI=1S/C18H16O2/c1-18(2,3)14-10-6-9-13-15(14)17(20)12-8-5-4-7-11(12)16(13)19/h4-10H,1-3H3. The molecule has 0 unspecified atom stereocenters. The second-order valence-corrected chi connectivity index (χ2v) is 6.18. The van der Waals surface area contributed by atoms with Crippen LogP contribution in [0.5, 0.6) is 0 Å². The lowest BCUT2D eigenvalue weighted by Crippen LogP contribution is -2.26. The van der Waals surface area contributed by atoms with Gasteiger partial charge in [0.2, 0.25) is 0 Å². The maximum absolute atomic E-state index is 12.8. The lowest BCUT2D eigenvalue weighted by Gasteiger charge is -2.26. The highest BCUT2D eigenvalue weighted by Gasteiger charge is 2.33. The number of carbonyl (C=O) groups is 2. The van der Waals surface area contributed by atoms with Crippen molar-refractivity contribution in [3.8, 4) is 0 Å². The van der Waals surface area contributed by atoms with E-state index in [4.69, 9.17) is 0 Å². The predicted molar refractivity (Wildman–Crippen MR) is 78.4 cm³/mol. The summed E-state index contributed by atoms with van der Waals surface area (Å²) in [5, 5.41) is 0. The molecule has 2 aromatic carbocycles. The Morgan fingerprint density at radius 3 is 1.85 bits per heavy atom. The summed E-state index contributed by atoms with van der Waals surface area (Å²) in [4.78, 5) is 25.3. The first-order valence-electron chi connectivity index (χ1n) is 6.73. The summed E-state index contributed by atoms with van der Waals surface area (Å²) in [5.74, 6) is -0.0953. The van der Waals surface area contributed by atoms with Crippen LogP contribution in [0.2, 0.25) is 0 Å². The average molecular weight is 264 g/mol. The van der Waals surface area contributed by atoms with Crippen LogP contribution < -0.4 is 0 Å². The fraction of sp³-hybridized carbons (Fsp3) is 0.222. The molecule has 0 heterocycles. The summed E-state index contributed by atoms with van der Waals surface area (Å²) in [6.45, 7) is 6.17. The van der Waals surface area contributed by atoms with E-state index in [-0.39, 0.29) is 17.0 Å². The highest BCUT2D eigenvalue weighted by molar-refractivity contribution is 6.28. The van der Waals surface area contributed by atoms with Gasteiger partial charge >= 0.3 is 0 Å². The maximum atomic E-state index is 12.8. The predicted octanol–water partition coefficient (Wildman–Crippen LogP) is 3.76. The molecule has 0 bridgehead atoms. The summed E-state index contributed by atoms with van der Waals surface area (Å²) in [6, 6.07) is 12.6. The lowest BCUT2D eigenvalue weighted by atomic mass is 9.75. The lowest BCUT2D eigenvalue weighted by molar-refractivity contribution is 0.0977. The molecule has 0 amide bonds. The topological polar surface area (TPSA) is 34.1 Å². The van der Waals surface area contributed by atoms with Gasteiger partial charge in [0.25, 0.3) is 0 Å². The fourth-order valence-electron chi connectivity index (χ4n) is 2.77. The molecule has 100 valence electrons. The Morgan fingerprint density at radius 2 is 1.25 bits per heavy atom. The van der Waals surface area contributed by atoms with E-state index < -0.39 is 0 Å². The van der Waals surface area contributed by atoms with Crippen LogP contribution in [0.1, 0.15) is 58.2 Å². The molecule has 0 saturated carbocycles. The second-order valence-electron chi connectivity index (χ2n) is 6.18. The molecule has 1 aliphatic rings. The van der Waals surface area contributed by atoms with Gasteiger partial charge in [-0.3, -0.25) is 9.59 Å².